The number of nitrogens with zero attached hydrogens (tertiary/aromatic N) is 2. The molecule has 1 saturated heterocycles. The molecule has 2 heterocycles. The van der Waals surface area contributed by atoms with Gasteiger partial charge in [0.15, 0.2) is 0 Å². The molecule has 6 heteroatoms. The van der Waals surface area contributed by atoms with E-state index < -0.39 is 0 Å². The zero-order valence-electron chi connectivity index (χ0n) is 11.5. The van der Waals surface area contributed by atoms with Crippen LogP contribution in [0.5, 0.6) is 0 Å². The van der Waals surface area contributed by atoms with Gasteiger partial charge in [0.1, 0.15) is 0 Å². The summed E-state index contributed by atoms with van der Waals surface area (Å²) >= 11 is 0. The molecule has 106 valence electrons. The minimum Gasteiger partial charge on any atom is -0.383 e. The number of carbonyl (C=O) groups excluding carboxylic acids is 1. The molecule has 1 aliphatic heterocycles. The SMILES string of the molecule is COCCn1cc(NC(=O)[C@@H]2CCCO[C@@H]2C)cn1. The van der Waals surface area contributed by atoms with E-state index in [4.69, 9.17) is 9.47 Å². The summed E-state index contributed by atoms with van der Waals surface area (Å²) in [7, 11) is 1.65. The topological polar surface area (TPSA) is 65.4 Å². The van der Waals surface area contributed by atoms with Crippen molar-refractivity contribution < 1.29 is 14.3 Å². The number of amides is 1. The Kier molecular flexibility index (Phi) is 4.93. The summed E-state index contributed by atoms with van der Waals surface area (Å²) in [5.74, 6) is -0.0606. The van der Waals surface area contributed by atoms with Gasteiger partial charge in [-0.1, -0.05) is 0 Å². The first-order valence-corrected chi connectivity index (χ1v) is 6.64. The van der Waals surface area contributed by atoms with Gasteiger partial charge in [-0.05, 0) is 19.8 Å². The van der Waals surface area contributed by atoms with Crippen LogP contribution in [0.4, 0.5) is 5.69 Å². The predicted octanol–water partition coefficient (Wildman–Crippen LogP) is 1.28. The fraction of sp³-hybridized carbons (Fsp3) is 0.692. The standard InChI is InChI=1S/C13H21N3O3/c1-10-12(4-3-6-19-10)13(17)15-11-8-14-16(9-11)5-7-18-2/h8-10,12H,3-7H2,1-2H3,(H,15,17)/t10-,12-/m1/s1. The second kappa shape index (κ2) is 6.68. The van der Waals surface area contributed by atoms with E-state index in [1.807, 2.05) is 13.1 Å². The van der Waals surface area contributed by atoms with E-state index in [9.17, 15) is 4.79 Å². The van der Waals surface area contributed by atoms with Crippen molar-refractivity contribution in [3.05, 3.63) is 12.4 Å². The van der Waals surface area contributed by atoms with Crippen molar-refractivity contribution in [3.63, 3.8) is 0 Å². The maximum absolute atomic E-state index is 12.1. The van der Waals surface area contributed by atoms with E-state index in [1.54, 1.807) is 18.0 Å². The first-order valence-electron chi connectivity index (χ1n) is 6.64. The molecule has 1 aromatic heterocycles. The van der Waals surface area contributed by atoms with Crippen molar-refractivity contribution in [1.29, 1.82) is 0 Å². The first-order chi connectivity index (χ1) is 9.20. The highest BCUT2D eigenvalue weighted by molar-refractivity contribution is 5.92. The summed E-state index contributed by atoms with van der Waals surface area (Å²) in [6.45, 7) is 3.98. The number of anilines is 1. The minimum atomic E-state index is -0.0731. The van der Waals surface area contributed by atoms with Crippen LogP contribution in [0.15, 0.2) is 12.4 Å². The first kappa shape index (κ1) is 14.0. The van der Waals surface area contributed by atoms with E-state index in [1.165, 1.54) is 0 Å². The Balaban J connectivity index is 1.89. The smallest absolute Gasteiger partial charge is 0.230 e. The number of methoxy groups -OCH3 is 1. The number of carbonyl (C=O) groups is 1. The Morgan fingerprint density at radius 3 is 3.26 bits per heavy atom. The van der Waals surface area contributed by atoms with E-state index in [0.29, 0.717) is 13.2 Å². The molecule has 0 unspecified atom stereocenters. The average Bonchev–Trinajstić information content (AvgIpc) is 2.84. The fourth-order valence-electron chi connectivity index (χ4n) is 2.24. The van der Waals surface area contributed by atoms with Gasteiger partial charge in [0, 0.05) is 19.9 Å². The van der Waals surface area contributed by atoms with Gasteiger partial charge in [0.2, 0.25) is 5.91 Å². The van der Waals surface area contributed by atoms with Gasteiger partial charge in [-0.15, -0.1) is 0 Å². The van der Waals surface area contributed by atoms with Crippen molar-refractivity contribution >= 4 is 11.6 Å². The van der Waals surface area contributed by atoms with Gasteiger partial charge in [0.05, 0.1) is 37.1 Å². The van der Waals surface area contributed by atoms with Gasteiger partial charge >= 0.3 is 0 Å². The van der Waals surface area contributed by atoms with Crippen LogP contribution in [0.3, 0.4) is 0 Å². The molecule has 1 fully saturated rings. The lowest BCUT2D eigenvalue weighted by atomic mass is 9.94. The maximum atomic E-state index is 12.1. The van der Waals surface area contributed by atoms with Crippen LogP contribution in [0.25, 0.3) is 0 Å². The van der Waals surface area contributed by atoms with Crippen molar-refractivity contribution in [2.75, 3.05) is 25.6 Å². The summed E-state index contributed by atoms with van der Waals surface area (Å²) in [4.78, 5) is 12.1. The highest BCUT2D eigenvalue weighted by Gasteiger charge is 2.28. The van der Waals surface area contributed by atoms with Crippen molar-refractivity contribution in [2.24, 2.45) is 5.92 Å². The summed E-state index contributed by atoms with van der Waals surface area (Å²) in [5.41, 5.74) is 0.721. The number of ether oxygens (including phenoxy) is 2. The lowest BCUT2D eigenvalue weighted by molar-refractivity contribution is -0.127. The van der Waals surface area contributed by atoms with Crippen LogP contribution >= 0.6 is 0 Å². The quantitative estimate of drug-likeness (QED) is 0.873. The molecular weight excluding hydrogens is 246 g/mol. The fourth-order valence-corrected chi connectivity index (χ4v) is 2.24. The molecule has 1 aromatic rings. The van der Waals surface area contributed by atoms with Crippen LogP contribution in [0.2, 0.25) is 0 Å². The molecule has 2 rings (SSSR count). The zero-order chi connectivity index (χ0) is 13.7. The van der Waals surface area contributed by atoms with Gasteiger partial charge in [-0.2, -0.15) is 5.10 Å². The number of hydrogen-bond donors (Lipinski definition) is 1. The second-order valence-electron chi connectivity index (χ2n) is 4.80. The molecule has 1 aliphatic rings. The molecule has 2 atom stereocenters. The number of aromatic nitrogens is 2. The number of rotatable bonds is 5. The van der Waals surface area contributed by atoms with Gasteiger partial charge in [0.25, 0.3) is 0 Å². The molecule has 19 heavy (non-hydrogen) atoms. The van der Waals surface area contributed by atoms with Crippen LogP contribution in [-0.2, 0) is 20.8 Å². The average molecular weight is 267 g/mol. The molecule has 0 radical (unpaired) electrons. The summed E-state index contributed by atoms with van der Waals surface area (Å²) < 4.78 is 12.2. The monoisotopic (exact) mass is 267 g/mol. The molecule has 0 saturated carbocycles. The van der Waals surface area contributed by atoms with Crippen molar-refractivity contribution in [1.82, 2.24) is 9.78 Å². The highest BCUT2D eigenvalue weighted by atomic mass is 16.5. The second-order valence-corrected chi connectivity index (χ2v) is 4.80. The van der Waals surface area contributed by atoms with E-state index in [2.05, 4.69) is 10.4 Å². The molecule has 6 nitrogen and oxygen atoms in total. The molecule has 0 aliphatic carbocycles. The minimum absolute atomic E-state index is 0.0125. The van der Waals surface area contributed by atoms with Gasteiger partial charge < -0.3 is 14.8 Å². The lowest BCUT2D eigenvalue weighted by Crippen LogP contribution is -2.36. The lowest BCUT2D eigenvalue weighted by Gasteiger charge is -2.27. The molecule has 1 N–H and O–H groups in total. The Hall–Kier alpha value is -1.40. The third-order valence-electron chi connectivity index (χ3n) is 3.37. The van der Waals surface area contributed by atoms with E-state index >= 15 is 0 Å². The largest absolute Gasteiger partial charge is 0.383 e. The molecule has 0 aromatic carbocycles. The maximum Gasteiger partial charge on any atom is 0.230 e. The van der Waals surface area contributed by atoms with Crippen LogP contribution < -0.4 is 5.32 Å². The van der Waals surface area contributed by atoms with E-state index in [-0.39, 0.29) is 17.9 Å². The molecule has 0 bridgehead atoms. The number of hydrogen-bond acceptors (Lipinski definition) is 4. The van der Waals surface area contributed by atoms with E-state index in [0.717, 1.165) is 25.1 Å². The van der Waals surface area contributed by atoms with Crippen LogP contribution in [0, 0.1) is 5.92 Å². The Bertz CT molecular complexity index is 419. The predicted molar refractivity (Wildman–Crippen MR) is 70.9 cm³/mol. The molecule has 1 amide bonds. The molecule has 0 spiro atoms. The van der Waals surface area contributed by atoms with Crippen molar-refractivity contribution in [2.45, 2.75) is 32.4 Å². The Morgan fingerprint density at radius 1 is 1.68 bits per heavy atom. The van der Waals surface area contributed by atoms with Crippen LogP contribution in [-0.4, -0.2) is 42.1 Å². The zero-order valence-corrected chi connectivity index (χ0v) is 11.5. The molecular formula is C13H21N3O3. The van der Waals surface area contributed by atoms with Gasteiger partial charge in [-0.25, -0.2) is 0 Å². The normalized spacial score (nSPS) is 23.3. The highest BCUT2D eigenvalue weighted by Crippen LogP contribution is 2.22. The number of nitrogens with one attached hydrogen (secondary N) is 1. The van der Waals surface area contributed by atoms with Crippen LogP contribution in [0.1, 0.15) is 19.8 Å². The third kappa shape index (κ3) is 3.78. The Labute approximate surface area is 113 Å². The van der Waals surface area contributed by atoms with Crippen molar-refractivity contribution in [3.8, 4) is 0 Å². The van der Waals surface area contributed by atoms with Gasteiger partial charge in [-0.3, -0.25) is 9.48 Å². The Morgan fingerprint density at radius 2 is 2.53 bits per heavy atom. The summed E-state index contributed by atoms with van der Waals surface area (Å²) in [6, 6.07) is 0. The summed E-state index contributed by atoms with van der Waals surface area (Å²) in [6.07, 6.45) is 5.27. The summed E-state index contributed by atoms with van der Waals surface area (Å²) in [5, 5.41) is 7.06. The third-order valence-corrected chi connectivity index (χ3v) is 3.37.